The van der Waals surface area contributed by atoms with Crippen LogP contribution in [0.4, 0.5) is 5.69 Å². The van der Waals surface area contributed by atoms with Gasteiger partial charge in [-0.15, -0.1) is 0 Å². The molecule has 2 atom stereocenters. The van der Waals surface area contributed by atoms with Crippen LogP contribution in [0.15, 0.2) is 47.6 Å². The summed E-state index contributed by atoms with van der Waals surface area (Å²) in [7, 11) is 0. The van der Waals surface area contributed by atoms with Gasteiger partial charge in [0, 0.05) is 11.5 Å². The van der Waals surface area contributed by atoms with Gasteiger partial charge in [-0.1, -0.05) is 12.8 Å². The van der Waals surface area contributed by atoms with Crippen LogP contribution in [0.2, 0.25) is 0 Å². The minimum atomic E-state index is -0.960. The highest BCUT2D eigenvalue weighted by atomic mass is 16.5. The maximum absolute atomic E-state index is 11.4. The topological polar surface area (TPSA) is 85.9 Å². The molecule has 2 aromatic rings. The van der Waals surface area contributed by atoms with E-state index in [4.69, 9.17) is 15.1 Å². The molecule has 2 unspecified atom stereocenters. The number of nitriles is 1. The van der Waals surface area contributed by atoms with E-state index in [0.29, 0.717) is 23.8 Å². The number of carboxylic acids is 1. The Morgan fingerprint density at radius 1 is 1.13 bits per heavy atom. The lowest BCUT2D eigenvalue weighted by molar-refractivity contribution is 0.0696. The van der Waals surface area contributed by atoms with Crippen LogP contribution < -0.4 is 9.75 Å². The van der Waals surface area contributed by atoms with Crippen molar-refractivity contribution in [2.45, 2.75) is 38.1 Å². The quantitative estimate of drug-likeness (QED) is 0.822. The van der Waals surface area contributed by atoms with E-state index in [1.54, 1.807) is 12.1 Å². The summed E-state index contributed by atoms with van der Waals surface area (Å²) in [6, 6.07) is 15.1. The fourth-order valence-electron chi connectivity index (χ4n) is 5.18. The van der Waals surface area contributed by atoms with Gasteiger partial charge in [0.2, 0.25) is 0 Å². The van der Waals surface area contributed by atoms with Crippen molar-refractivity contribution in [1.29, 1.82) is 5.26 Å². The summed E-state index contributed by atoms with van der Waals surface area (Å²) in [5, 5.41) is 25.7. The van der Waals surface area contributed by atoms with Gasteiger partial charge in [-0.3, -0.25) is 5.01 Å². The number of nitrogens with zero attached hydrogens (tertiary/aromatic N) is 3. The fourth-order valence-corrected chi connectivity index (χ4v) is 5.18. The van der Waals surface area contributed by atoms with Crippen molar-refractivity contribution in [1.82, 2.24) is 0 Å². The van der Waals surface area contributed by atoms with Gasteiger partial charge in [0.05, 0.1) is 41.2 Å². The molecule has 1 fully saturated rings. The smallest absolute Gasteiger partial charge is 0.335 e. The Labute approximate surface area is 175 Å². The highest BCUT2D eigenvalue weighted by Gasteiger charge is 2.45. The molecule has 5 rings (SSSR count). The molecule has 0 radical (unpaired) electrons. The van der Waals surface area contributed by atoms with Crippen LogP contribution in [0.25, 0.3) is 0 Å². The molecule has 6 nitrogen and oxygen atoms in total. The van der Waals surface area contributed by atoms with Crippen LogP contribution in [0.5, 0.6) is 5.75 Å². The fraction of sp³-hybridized carbons (Fsp3) is 0.375. The number of carbonyl (C=O) groups is 1. The number of carboxylic acid groups (broad SMARTS) is 1. The third-order valence-corrected chi connectivity index (χ3v) is 6.60. The highest BCUT2D eigenvalue weighted by molar-refractivity contribution is 6.08. The lowest BCUT2D eigenvalue weighted by atomic mass is 9.81. The number of hydrazone groups is 1. The van der Waals surface area contributed by atoms with Crippen molar-refractivity contribution in [2.75, 3.05) is 11.6 Å². The molecule has 2 aliphatic heterocycles. The summed E-state index contributed by atoms with van der Waals surface area (Å²) in [4.78, 5) is 11.4. The summed E-state index contributed by atoms with van der Waals surface area (Å²) in [6.45, 7) is 0.546. The number of fused-ring (bicyclic) bond motifs is 3. The van der Waals surface area contributed by atoms with Crippen LogP contribution in [0.1, 0.15) is 53.6 Å². The summed E-state index contributed by atoms with van der Waals surface area (Å²) < 4.78 is 5.96. The van der Waals surface area contributed by atoms with Crippen molar-refractivity contribution >= 4 is 17.4 Å². The molecular formula is C24H23N3O3. The molecule has 3 aliphatic rings. The summed E-state index contributed by atoms with van der Waals surface area (Å²) in [6.07, 6.45) is 5.74. The summed E-state index contributed by atoms with van der Waals surface area (Å²) in [5.74, 6) is 0.439. The number of benzene rings is 2. The zero-order valence-corrected chi connectivity index (χ0v) is 16.6. The number of hydrogen-bond donors (Lipinski definition) is 1. The van der Waals surface area contributed by atoms with Gasteiger partial charge in [0.1, 0.15) is 5.75 Å². The standard InChI is InChI=1S/C24H23N3O3/c25-14-15-5-8-18(9-6-15)27-23(16-3-1-2-4-16)20-11-12-30-21-13-17(24(28)29)7-10-19(21)22(20)26-27/h5-10,13,16,20,23H,1-4,11-12H2,(H,28,29). The molecule has 0 saturated heterocycles. The number of aromatic carboxylic acids is 1. The molecule has 0 amide bonds. The SMILES string of the molecule is N#Cc1ccc(N2N=C3c4ccc(C(=O)O)cc4OCCC3C2C2CCCC2)cc1. The van der Waals surface area contributed by atoms with Crippen molar-refractivity contribution in [3.05, 3.63) is 59.2 Å². The normalized spacial score (nSPS) is 23.0. The van der Waals surface area contributed by atoms with Gasteiger partial charge in [0.15, 0.2) is 0 Å². The molecule has 30 heavy (non-hydrogen) atoms. The largest absolute Gasteiger partial charge is 0.493 e. The number of rotatable bonds is 3. The van der Waals surface area contributed by atoms with Crippen molar-refractivity contribution < 1.29 is 14.6 Å². The monoisotopic (exact) mass is 401 g/mol. The first-order valence-corrected chi connectivity index (χ1v) is 10.5. The average molecular weight is 401 g/mol. The van der Waals surface area contributed by atoms with Crippen molar-refractivity contribution in [2.24, 2.45) is 16.9 Å². The minimum Gasteiger partial charge on any atom is -0.493 e. The summed E-state index contributed by atoms with van der Waals surface area (Å²) >= 11 is 0. The molecule has 0 aromatic heterocycles. The lowest BCUT2D eigenvalue weighted by Crippen LogP contribution is -2.39. The Morgan fingerprint density at radius 2 is 1.90 bits per heavy atom. The van der Waals surface area contributed by atoms with Crippen LogP contribution in [0.3, 0.4) is 0 Å². The zero-order chi connectivity index (χ0) is 20.7. The van der Waals surface area contributed by atoms with E-state index < -0.39 is 5.97 Å². The maximum Gasteiger partial charge on any atom is 0.335 e. The van der Waals surface area contributed by atoms with E-state index in [1.165, 1.54) is 25.7 Å². The predicted octanol–water partition coefficient (Wildman–Crippen LogP) is 4.44. The second-order valence-corrected chi connectivity index (χ2v) is 8.28. The molecule has 0 spiro atoms. The number of ether oxygens (including phenoxy) is 1. The van der Waals surface area contributed by atoms with E-state index in [-0.39, 0.29) is 17.5 Å². The van der Waals surface area contributed by atoms with Crippen molar-refractivity contribution in [3.63, 3.8) is 0 Å². The van der Waals surface area contributed by atoms with E-state index in [2.05, 4.69) is 11.1 Å². The first-order valence-electron chi connectivity index (χ1n) is 10.5. The van der Waals surface area contributed by atoms with Crippen LogP contribution in [-0.4, -0.2) is 29.4 Å². The van der Waals surface area contributed by atoms with Gasteiger partial charge in [-0.2, -0.15) is 10.4 Å². The molecule has 1 saturated carbocycles. The summed E-state index contributed by atoms with van der Waals surface area (Å²) in [5.41, 5.74) is 3.73. The van der Waals surface area contributed by atoms with E-state index >= 15 is 0 Å². The zero-order valence-electron chi connectivity index (χ0n) is 16.6. The van der Waals surface area contributed by atoms with Gasteiger partial charge < -0.3 is 9.84 Å². The van der Waals surface area contributed by atoms with E-state index in [0.717, 1.165) is 23.4 Å². The number of hydrogen-bond acceptors (Lipinski definition) is 5. The average Bonchev–Trinajstić information content (AvgIpc) is 3.38. The van der Waals surface area contributed by atoms with Gasteiger partial charge in [0.25, 0.3) is 0 Å². The molecule has 6 heteroatoms. The van der Waals surface area contributed by atoms with E-state index in [1.807, 2.05) is 30.3 Å². The maximum atomic E-state index is 11.4. The van der Waals surface area contributed by atoms with Crippen LogP contribution in [0, 0.1) is 23.2 Å². The Kier molecular flexibility index (Phi) is 4.66. The molecule has 2 heterocycles. The molecule has 1 aliphatic carbocycles. The number of anilines is 1. The van der Waals surface area contributed by atoms with Crippen LogP contribution >= 0.6 is 0 Å². The molecule has 0 bridgehead atoms. The highest BCUT2D eigenvalue weighted by Crippen LogP contribution is 2.44. The third kappa shape index (κ3) is 3.11. The minimum absolute atomic E-state index is 0.224. The van der Waals surface area contributed by atoms with Gasteiger partial charge >= 0.3 is 5.97 Å². The predicted molar refractivity (Wildman–Crippen MR) is 113 cm³/mol. The lowest BCUT2D eigenvalue weighted by Gasteiger charge is -2.32. The second-order valence-electron chi connectivity index (χ2n) is 8.28. The Bertz CT molecular complexity index is 1050. The van der Waals surface area contributed by atoms with Crippen LogP contribution in [-0.2, 0) is 0 Å². The molecule has 152 valence electrons. The molecule has 1 N–H and O–H groups in total. The molecule has 2 aromatic carbocycles. The van der Waals surface area contributed by atoms with Gasteiger partial charge in [-0.25, -0.2) is 4.79 Å². The first kappa shape index (κ1) is 18.7. The Hall–Kier alpha value is -3.33. The Morgan fingerprint density at radius 3 is 2.60 bits per heavy atom. The first-order chi connectivity index (χ1) is 14.7. The Balaban J connectivity index is 1.60. The molecular weight excluding hydrogens is 378 g/mol. The second kappa shape index (κ2) is 7.49. The van der Waals surface area contributed by atoms with E-state index in [9.17, 15) is 9.90 Å². The third-order valence-electron chi connectivity index (χ3n) is 6.60. The van der Waals surface area contributed by atoms with Crippen molar-refractivity contribution in [3.8, 4) is 11.8 Å². The van der Waals surface area contributed by atoms with Gasteiger partial charge in [-0.05, 0) is 67.6 Å².